The van der Waals surface area contributed by atoms with Crippen molar-refractivity contribution in [2.45, 2.75) is 46.7 Å². The smallest absolute Gasteiger partial charge is 0.0447 e. The van der Waals surface area contributed by atoms with Gasteiger partial charge < -0.3 is 9.80 Å². The van der Waals surface area contributed by atoms with E-state index in [1.807, 2.05) is 12.1 Å². The molecule has 2 nitrogen and oxygen atoms in total. The molecule has 0 saturated carbocycles. The van der Waals surface area contributed by atoms with Gasteiger partial charge >= 0.3 is 0 Å². The maximum Gasteiger partial charge on any atom is 0.0447 e. The molecule has 5 rings (SSSR count). The summed E-state index contributed by atoms with van der Waals surface area (Å²) < 4.78 is 0. The number of halogens is 1. The van der Waals surface area contributed by atoms with Crippen molar-refractivity contribution in [3.05, 3.63) is 165 Å². The Morgan fingerprint density at radius 2 is 0.952 bits per heavy atom. The topological polar surface area (TPSA) is 6.48 Å². The van der Waals surface area contributed by atoms with E-state index in [1.165, 1.54) is 44.8 Å². The SMILES string of the molecule is CCN(Cc1ccccc1)c1ccc(C(c2ccc(N(CC)Cc3ccccc3)cc2C)c2ccccc2Cl)c(C)c1. The van der Waals surface area contributed by atoms with Crippen LogP contribution in [0.4, 0.5) is 11.4 Å². The molecule has 5 aromatic rings. The fraction of sp³-hybridized carbons (Fsp3) is 0.231. The summed E-state index contributed by atoms with van der Waals surface area (Å²) in [5, 5.41) is 0.799. The van der Waals surface area contributed by atoms with Crippen LogP contribution < -0.4 is 9.80 Å². The second-order valence-electron chi connectivity index (χ2n) is 11.0. The molecule has 42 heavy (non-hydrogen) atoms. The molecule has 0 atom stereocenters. The molecule has 0 aliphatic rings. The Morgan fingerprint density at radius 3 is 1.36 bits per heavy atom. The highest BCUT2D eigenvalue weighted by Gasteiger charge is 2.24. The van der Waals surface area contributed by atoms with Crippen molar-refractivity contribution >= 4 is 23.0 Å². The van der Waals surface area contributed by atoms with Gasteiger partial charge in [0.25, 0.3) is 0 Å². The van der Waals surface area contributed by atoms with Gasteiger partial charge in [0.15, 0.2) is 0 Å². The highest BCUT2D eigenvalue weighted by atomic mass is 35.5. The molecule has 3 heteroatoms. The summed E-state index contributed by atoms with van der Waals surface area (Å²) in [7, 11) is 0. The zero-order chi connectivity index (χ0) is 29.5. The highest BCUT2D eigenvalue weighted by Crippen LogP contribution is 2.40. The molecule has 0 bridgehead atoms. The lowest BCUT2D eigenvalue weighted by atomic mass is 9.81. The maximum absolute atomic E-state index is 6.90. The third-order valence-electron chi connectivity index (χ3n) is 8.27. The number of rotatable bonds is 11. The lowest BCUT2D eigenvalue weighted by molar-refractivity contribution is 0.827. The first-order valence-corrected chi connectivity index (χ1v) is 15.4. The van der Waals surface area contributed by atoms with Crippen molar-refractivity contribution in [2.75, 3.05) is 22.9 Å². The summed E-state index contributed by atoms with van der Waals surface area (Å²) in [5.74, 6) is 0.0372. The van der Waals surface area contributed by atoms with Crippen LogP contribution in [0.3, 0.4) is 0 Å². The summed E-state index contributed by atoms with van der Waals surface area (Å²) in [5.41, 5.74) is 11.4. The van der Waals surface area contributed by atoms with Gasteiger partial charge in [0, 0.05) is 48.5 Å². The quantitative estimate of drug-likeness (QED) is 0.145. The first-order chi connectivity index (χ1) is 20.5. The number of hydrogen-bond donors (Lipinski definition) is 0. The minimum atomic E-state index is 0.0372. The Labute approximate surface area is 257 Å². The van der Waals surface area contributed by atoms with Gasteiger partial charge in [0.1, 0.15) is 0 Å². The first-order valence-electron chi connectivity index (χ1n) is 15.0. The van der Waals surface area contributed by atoms with Gasteiger partial charge in [-0.3, -0.25) is 0 Å². The predicted octanol–water partition coefficient (Wildman–Crippen LogP) is 10.2. The van der Waals surface area contributed by atoms with Crippen LogP contribution >= 0.6 is 11.6 Å². The van der Waals surface area contributed by atoms with E-state index in [0.717, 1.165) is 36.8 Å². The molecule has 0 aromatic heterocycles. The molecule has 214 valence electrons. The van der Waals surface area contributed by atoms with Gasteiger partial charge in [-0.15, -0.1) is 0 Å². The molecule has 0 saturated heterocycles. The van der Waals surface area contributed by atoms with Crippen LogP contribution in [-0.4, -0.2) is 13.1 Å². The van der Waals surface area contributed by atoms with Crippen molar-refractivity contribution < 1.29 is 0 Å². The van der Waals surface area contributed by atoms with Gasteiger partial charge in [-0.1, -0.05) is 103 Å². The van der Waals surface area contributed by atoms with Crippen LogP contribution in [0.5, 0.6) is 0 Å². The molecule has 0 spiro atoms. The zero-order valence-electron chi connectivity index (χ0n) is 25.2. The largest absolute Gasteiger partial charge is 0.367 e. The predicted molar refractivity (Wildman–Crippen MR) is 181 cm³/mol. The molecule has 0 unspecified atom stereocenters. The Kier molecular flexibility index (Phi) is 9.66. The van der Waals surface area contributed by atoms with E-state index in [2.05, 4.69) is 147 Å². The minimum absolute atomic E-state index is 0.0372. The van der Waals surface area contributed by atoms with Crippen molar-refractivity contribution in [1.29, 1.82) is 0 Å². The summed E-state index contributed by atoms with van der Waals surface area (Å²) in [4.78, 5) is 4.87. The number of hydrogen-bond acceptors (Lipinski definition) is 2. The maximum atomic E-state index is 6.90. The van der Waals surface area contributed by atoms with E-state index in [0.29, 0.717) is 0 Å². The van der Waals surface area contributed by atoms with Crippen molar-refractivity contribution in [1.82, 2.24) is 0 Å². The number of benzene rings is 5. The highest BCUT2D eigenvalue weighted by molar-refractivity contribution is 6.31. The minimum Gasteiger partial charge on any atom is -0.367 e. The van der Waals surface area contributed by atoms with E-state index in [4.69, 9.17) is 11.6 Å². The molecule has 0 aliphatic carbocycles. The molecule has 0 heterocycles. The summed E-state index contributed by atoms with van der Waals surface area (Å²) in [6.07, 6.45) is 0. The Bertz CT molecular complexity index is 1500. The van der Waals surface area contributed by atoms with Crippen LogP contribution in [0.1, 0.15) is 58.7 Å². The van der Waals surface area contributed by atoms with Crippen LogP contribution in [-0.2, 0) is 13.1 Å². The Morgan fingerprint density at radius 1 is 0.524 bits per heavy atom. The van der Waals surface area contributed by atoms with E-state index in [1.54, 1.807) is 0 Å². The Balaban J connectivity index is 1.51. The van der Waals surface area contributed by atoms with Crippen LogP contribution in [0.25, 0.3) is 0 Å². The second kappa shape index (κ2) is 13.8. The fourth-order valence-electron chi connectivity index (χ4n) is 5.95. The van der Waals surface area contributed by atoms with Crippen molar-refractivity contribution in [2.24, 2.45) is 0 Å². The summed E-state index contributed by atoms with van der Waals surface area (Å²) in [6, 6.07) is 43.5. The molecule has 0 radical (unpaired) electrons. The van der Waals surface area contributed by atoms with E-state index in [9.17, 15) is 0 Å². The zero-order valence-corrected chi connectivity index (χ0v) is 26.0. The number of aryl methyl sites for hydroxylation is 2. The van der Waals surface area contributed by atoms with Crippen molar-refractivity contribution in [3.8, 4) is 0 Å². The van der Waals surface area contributed by atoms with E-state index < -0.39 is 0 Å². The van der Waals surface area contributed by atoms with Gasteiger partial charge in [-0.25, -0.2) is 0 Å². The lowest BCUT2D eigenvalue weighted by Gasteiger charge is -2.28. The normalized spacial score (nSPS) is 11.1. The fourth-order valence-corrected chi connectivity index (χ4v) is 6.20. The molecular weight excluding hydrogens is 532 g/mol. The molecular formula is C39H41ClN2. The van der Waals surface area contributed by atoms with Crippen LogP contribution in [0.15, 0.2) is 121 Å². The van der Waals surface area contributed by atoms with Crippen molar-refractivity contribution in [3.63, 3.8) is 0 Å². The molecule has 0 N–H and O–H groups in total. The average Bonchev–Trinajstić information content (AvgIpc) is 3.02. The average molecular weight is 573 g/mol. The third kappa shape index (κ3) is 6.72. The van der Waals surface area contributed by atoms with Gasteiger partial charge in [0.2, 0.25) is 0 Å². The monoisotopic (exact) mass is 572 g/mol. The van der Waals surface area contributed by atoms with E-state index >= 15 is 0 Å². The second-order valence-corrected chi connectivity index (χ2v) is 11.4. The van der Waals surface area contributed by atoms with Crippen LogP contribution in [0.2, 0.25) is 5.02 Å². The molecule has 0 aliphatic heterocycles. The van der Waals surface area contributed by atoms with Gasteiger partial charge in [-0.05, 0) is 97.0 Å². The van der Waals surface area contributed by atoms with Gasteiger partial charge in [0.05, 0.1) is 0 Å². The summed E-state index contributed by atoms with van der Waals surface area (Å²) >= 11 is 6.90. The van der Waals surface area contributed by atoms with Crippen LogP contribution in [0, 0.1) is 13.8 Å². The molecule has 0 fully saturated rings. The van der Waals surface area contributed by atoms with Gasteiger partial charge in [-0.2, -0.15) is 0 Å². The molecule has 0 amide bonds. The lowest BCUT2D eigenvalue weighted by Crippen LogP contribution is -2.22. The summed E-state index contributed by atoms with van der Waals surface area (Å²) in [6.45, 7) is 12.6. The molecule has 5 aromatic carbocycles. The Hall–Kier alpha value is -4.01. The van der Waals surface area contributed by atoms with E-state index in [-0.39, 0.29) is 5.92 Å². The standard InChI is InChI=1S/C39H41ClN2/c1-5-41(27-31-15-9-7-10-16-31)33-21-23-35(29(3)25-33)39(37-19-13-14-20-38(37)40)36-24-22-34(26-30(36)4)42(6-2)28-32-17-11-8-12-18-32/h7-26,39H,5-6,27-28H2,1-4H3. The third-order valence-corrected chi connectivity index (χ3v) is 8.62. The first kappa shape index (κ1) is 29.5. The number of anilines is 2. The number of nitrogens with zero attached hydrogens (tertiary/aromatic N) is 2.